The Morgan fingerprint density at radius 3 is 2.82 bits per heavy atom. The Balaban J connectivity index is 1.69. The molecule has 1 saturated carbocycles. The Kier molecular flexibility index (Phi) is 6.89. The molecule has 5 heteroatoms. The van der Waals surface area contributed by atoms with Crippen LogP contribution in [0.4, 0.5) is 0 Å². The smallest absolute Gasteiger partial charge is 0.338 e. The molecule has 1 aliphatic heterocycles. The van der Waals surface area contributed by atoms with Crippen molar-refractivity contribution in [2.24, 2.45) is 17.8 Å². The standard InChI is InChI=1S/C23H30O5/c1-3-4-8-15(2)19(24)12-11-17-18-13-22(25)27-21(18)14-20(17)28-23(26)16-9-6-5-7-10-16/h5-7,9-12,15,17-21,24H,3-4,8,13-14H2,1-2H3/t15?,17-,18-,19-,20-,21+/m1/s1. The van der Waals surface area contributed by atoms with Gasteiger partial charge in [0.05, 0.1) is 18.1 Å². The molecule has 1 N–H and O–H groups in total. The number of aliphatic hydroxyl groups excluding tert-OH is 1. The predicted molar refractivity (Wildman–Crippen MR) is 106 cm³/mol. The van der Waals surface area contributed by atoms with Crippen LogP contribution in [-0.2, 0) is 14.3 Å². The zero-order valence-electron chi connectivity index (χ0n) is 16.6. The van der Waals surface area contributed by atoms with E-state index in [4.69, 9.17) is 9.47 Å². The number of unbranched alkanes of at least 4 members (excludes halogenated alkanes) is 1. The monoisotopic (exact) mass is 386 g/mol. The quantitative estimate of drug-likeness (QED) is 0.542. The Morgan fingerprint density at radius 1 is 1.36 bits per heavy atom. The van der Waals surface area contributed by atoms with Crippen molar-refractivity contribution in [2.45, 2.75) is 64.3 Å². The average Bonchev–Trinajstić information content (AvgIpc) is 3.20. The molecule has 152 valence electrons. The summed E-state index contributed by atoms with van der Waals surface area (Å²) in [5.41, 5.74) is 0.507. The van der Waals surface area contributed by atoms with Gasteiger partial charge in [0.15, 0.2) is 0 Å². The second-order valence-electron chi connectivity index (χ2n) is 8.01. The summed E-state index contributed by atoms with van der Waals surface area (Å²) in [4.78, 5) is 24.2. The zero-order chi connectivity index (χ0) is 20.1. The number of carbonyl (C=O) groups excluding carboxylic acids is 2. The van der Waals surface area contributed by atoms with E-state index in [0.717, 1.165) is 19.3 Å². The largest absolute Gasteiger partial charge is 0.462 e. The fraction of sp³-hybridized carbons (Fsp3) is 0.565. The SMILES string of the molecule is CCCCC(C)[C@H](O)C=C[C@@H]1[C@H]2CC(=O)O[C@H]2C[C@H]1OC(=O)c1ccccc1. The maximum absolute atomic E-state index is 12.5. The molecule has 1 unspecified atom stereocenters. The lowest BCUT2D eigenvalue weighted by molar-refractivity contribution is -0.141. The molecule has 5 nitrogen and oxygen atoms in total. The van der Waals surface area contributed by atoms with Gasteiger partial charge < -0.3 is 14.6 Å². The first-order valence-electron chi connectivity index (χ1n) is 10.3. The molecule has 0 aromatic heterocycles. The van der Waals surface area contributed by atoms with Crippen LogP contribution in [0.1, 0.15) is 56.3 Å². The molecule has 6 atom stereocenters. The van der Waals surface area contributed by atoms with Gasteiger partial charge in [0, 0.05) is 18.3 Å². The lowest BCUT2D eigenvalue weighted by atomic mass is 9.90. The summed E-state index contributed by atoms with van der Waals surface area (Å²) < 4.78 is 11.2. The Morgan fingerprint density at radius 2 is 2.11 bits per heavy atom. The van der Waals surface area contributed by atoms with E-state index in [2.05, 4.69) is 6.92 Å². The van der Waals surface area contributed by atoms with Crippen molar-refractivity contribution < 1.29 is 24.2 Å². The van der Waals surface area contributed by atoms with Gasteiger partial charge in [-0.2, -0.15) is 0 Å². The maximum atomic E-state index is 12.5. The van der Waals surface area contributed by atoms with Crippen molar-refractivity contribution >= 4 is 11.9 Å². The fourth-order valence-corrected chi connectivity index (χ4v) is 4.20. The normalized spacial score (nSPS) is 28.8. The van der Waals surface area contributed by atoms with Gasteiger partial charge in [-0.1, -0.05) is 57.0 Å². The van der Waals surface area contributed by atoms with Crippen LogP contribution in [-0.4, -0.2) is 35.4 Å². The van der Waals surface area contributed by atoms with Crippen molar-refractivity contribution in [3.63, 3.8) is 0 Å². The molecule has 2 aliphatic rings. The third-order valence-electron chi connectivity index (χ3n) is 5.95. The van der Waals surface area contributed by atoms with Gasteiger partial charge in [0.25, 0.3) is 0 Å². The van der Waals surface area contributed by atoms with Crippen LogP contribution in [0.25, 0.3) is 0 Å². The summed E-state index contributed by atoms with van der Waals surface area (Å²) in [5.74, 6) is -0.530. The number of ether oxygens (including phenoxy) is 2. The van der Waals surface area contributed by atoms with E-state index in [9.17, 15) is 14.7 Å². The summed E-state index contributed by atoms with van der Waals surface area (Å²) in [6.45, 7) is 4.17. The van der Waals surface area contributed by atoms with Crippen LogP contribution in [0.15, 0.2) is 42.5 Å². The third kappa shape index (κ3) is 4.82. The highest BCUT2D eigenvalue weighted by molar-refractivity contribution is 5.89. The van der Waals surface area contributed by atoms with Gasteiger partial charge in [-0.25, -0.2) is 4.79 Å². The molecule has 1 aromatic carbocycles. The molecular formula is C23H30O5. The molecule has 1 heterocycles. The first-order valence-corrected chi connectivity index (χ1v) is 10.3. The van der Waals surface area contributed by atoms with Crippen LogP contribution in [0.3, 0.4) is 0 Å². The van der Waals surface area contributed by atoms with E-state index in [1.165, 1.54) is 0 Å². The third-order valence-corrected chi connectivity index (χ3v) is 5.95. The van der Waals surface area contributed by atoms with Crippen molar-refractivity contribution in [1.82, 2.24) is 0 Å². The summed E-state index contributed by atoms with van der Waals surface area (Å²) in [7, 11) is 0. The first kappa shape index (κ1) is 20.6. The molecule has 1 aliphatic carbocycles. The van der Waals surface area contributed by atoms with Crippen molar-refractivity contribution in [2.75, 3.05) is 0 Å². The zero-order valence-corrected chi connectivity index (χ0v) is 16.6. The number of aliphatic hydroxyl groups is 1. The number of esters is 2. The first-order chi connectivity index (χ1) is 13.5. The van der Waals surface area contributed by atoms with Crippen LogP contribution in [0, 0.1) is 17.8 Å². The van der Waals surface area contributed by atoms with E-state index < -0.39 is 6.10 Å². The second-order valence-corrected chi connectivity index (χ2v) is 8.01. The Bertz CT molecular complexity index is 698. The van der Waals surface area contributed by atoms with Crippen LogP contribution < -0.4 is 0 Å². The Labute approximate surface area is 166 Å². The second kappa shape index (κ2) is 9.37. The van der Waals surface area contributed by atoms with Crippen molar-refractivity contribution in [3.8, 4) is 0 Å². The molecule has 1 aromatic rings. The van der Waals surface area contributed by atoms with E-state index in [1.54, 1.807) is 30.3 Å². The van der Waals surface area contributed by atoms with E-state index >= 15 is 0 Å². The van der Waals surface area contributed by atoms with E-state index in [-0.39, 0.29) is 41.9 Å². The highest BCUT2D eigenvalue weighted by atomic mass is 16.6. The number of hydrogen-bond acceptors (Lipinski definition) is 5. The predicted octanol–water partition coefficient (Wildman–Crippen LogP) is 3.91. The minimum atomic E-state index is -0.547. The maximum Gasteiger partial charge on any atom is 0.338 e. The lowest BCUT2D eigenvalue weighted by Gasteiger charge is -2.21. The summed E-state index contributed by atoms with van der Waals surface area (Å²) >= 11 is 0. The molecule has 0 amide bonds. The van der Waals surface area contributed by atoms with Gasteiger partial charge in [0.2, 0.25) is 0 Å². The van der Waals surface area contributed by atoms with Crippen LogP contribution in [0.2, 0.25) is 0 Å². The highest BCUT2D eigenvalue weighted by Gasteiger charge is 2.50. The van der Waals surface area contributed by atoms with E-state index in [0.29, 0.717) is 18.4 Å². The van der Waals surface area contributed by atoms with Gasteiger partial charge in [-0.15, -0.1) is 0 Å². The number of fused-ring (bicyclic) bond motifs is 1. The minimum absolute atomic E-state index is 0.00419. The molecule has 0 spiro atoms. The average molecular weight is 386 g/mol. The fourth-order valence-electron chi connectivity index (χ4n) is 4.20. The highest BCUT2D eigenvalue weighted by Crippen LogP contribution is 2.43. The minimum Gasteiger partial charge on any atom is -0.462 e. The topological polar surface area (TPSA) is 72.8 Å². The summed E-state index contributed by atoms with van der Waals surface area (Å²) in [6.07, 6.45) is 6.61. The molecule has 0 radical (unpaired) electrons. The van der Waals surface area contributed by atoms with Crippen molar-refractivity contribution in [3.05, 3.63) is 48.0 Å². The van der Waals surface area contributed by atoms with Crippen LogP contribution in [0.5, 0.6) is 0 Å². The molecular weight excluding hydrogens is 356 g/mol. The van der Waals surface area contributed by atoms with Gasteiger partial charge in [-0.05, 0) is 24.5 Å². The number of benzene rings is 1. The summed E-state index contributed by atoms with van der Waals surface area (Å²) in [5, 5.41) is 10.5. The molecule has 2 fully saturated rings. The molecule has 3 rings (SSSR count). The molecule has 1 saturated heterocycles. The summed E-state index contributed by atoms with van der Waals surface area (Å²) in [6, 6.07) is 8.90. The lowest BCUT2D eigenvalue weighted by Crippen LogP contribution is -2.25. The van der Waals surface area contributed by atoms with Crippen molar-refractivity contribution in [1.29, 1.82) is 0 Å². The number of rotatable bonds is 8. The Hall–Kier alpha value is -2.14. The van der Waals surface area contributed by atoms with Gasteiger partial charge >= 0.3 is 11.9 Å². The van der Waals surface area contributed by atoms with Crippen LogP contribution >= 0.6 is 0 Å². The number of carbonyl (C=O) groups is 2. The van der Waals surface area contributed by atoms with Gasteiger partial charge in [0.1, 0.15) is 12.2 Å². The molecule has 28 heavy (non-hydrogen) atoms. The molecule has 0 bridgehead atoms. The van der Waals surface area contributed by atoms with E-state index in [1.807, 2.05) is 19.1 Å². The number of hydrogen-bond donors (Lipinski definition) is 1. The van der Waals surface area contributed by atoms with Gasteiger partial charge in [-0.3, -0.25) is 4.79 Å².